The van der Waals surface area contributed by atoms with Crippen LogP contribution in [0.3, 0.4) is 0 Å². The van der Waals surface area contributed by atoms with E-state index < -0.39 is 11.3 Å². The van der Waals surface area contributed by atoms with Gasteiger partial charge in [0.05, 0.1) is 11.3 Å². The second-order valence-corrected chi connectivity index (χ2v) is 10.8. The molecule has 9 nitrogen and oxygen atoms in total. The van der Waals surface area contributed by atoms with Gasteiger partial charge >= 0.3 is 6.03 Å². The van der Waals surface area contributed by atoms with Gasteiger partial charge in [-0.2, -0.15) is 4.68 Å². The van der Waals surface area contributed by atoms with E-state index in [1.807, 2.05) is 84.9 Å². The number of anilines is 1. The molecule has 194 valence electrons. The highest BCUT2D eigenvalue weighted by Crippen LogP contribution is 2.53. The number of para-hydroxylation sites is 1. The molecule has 1 aromatic heterocycles. The number of rotatable bonds is 2. The average Bonchev–Trinajstić information content (AvgIpc) is 3.48. The fourth-order valence-corrected chi connectivity index (χ4v) is 7.21. The van der Waals surface area contributed by atoms with Crippen LogP contribution in [0.2, 0.25) is 0 Å². The van der Waals surface area contributed by atoms with Crippen molar-refractivity contribution in [2.24, 2.45) is 4.99 Å². The summed E-state index contributed by atoms with van der Waals surface area (Å²) in [5, 5.41) is 0. The van der Waals surface area contributed by atoms with Crippen LogP contribution in [-0.4, -0.2) is 47.6 Å². The van der Waals surface area contributed by atoms with Crippen molar-refractivity contribution in [1.82, 2.24) is 14.5 Å². The number of likely N-dealkylation sites (N-methyl/N-ethyl adjacent to an activating group) is 3. The Morgan fingerprint density at radius 3 is 2.08 bits per heavy atom. The number of amides is 3. The molecule has 1 saturated heterocycles. The Balaban J connectivity index is 1.62. The Bertz CT molecular complexity index is 1870. The van der Waals surface area contributed by atoms with Gasteiger partial charge in [-0.05, 0) is 6.07 Å². The Hall–Kier alpha value is -4.70. The number of benzene rings is 3. The molecule has 3 aliphatic rings. The van der Waals surface area contributed by atoms with Crippen molar-refractivity contribution in [3.05, 3.63) is 121 Å². The number of aromatic nitrogens is 1. The van der Waals surface area contributed by atoms with Crippen LogP contribution in [0.1, 0.15) is 16.7 Å². The zero-order valence-corrected chi connectivity index (χ0v) is 22.3. The first-order valence-electron chi connectivity index (χ1n) is 12.5. The molecule has 10 heteroatoms. The molecule has 7 rings (SSSR count). The maximum Gasteiger partial charge on any atom is 0.324 e. The van der Waals surface area contributed by atoms with E-state index in [0.717, 1.165) is 28.2 Å². The molecule has 0 radical (unpaired) electrons. The second kappa shape index (κ2) is 7.90. The Kier molecular flexibility index (Phi) is 4.75. The van der Waals surface area contributed by atoms with Crippen molar-refractivity contribution >= 4 is 34.5 Å². The summed E-state index contributed by atoms with van der Waals surface area (Å²) in [7, 11) is 5.14. The predicted octanol–water partition coefficient (Wildman–Crippen LogP) is 1.97. The summed E-state index contributed by atoms with van der Waals surface area (Å²) in [6, 6.07) is 26.3. The van der Waals surface area contributed by atoms with Gasteiger partial charge in [-0.15, -0.1) is 0 Å². The van der Waals surface area contributed by atoms with E-state index in [2.05, 4.69) is 5.43 Å². The smallest absolute Gasteiger partial charge is 0.311 e. The van der Waals surface area contributed by atoms with Crippen molar-refractivity contribution in [3.63, 3.8) is 0 Å². The van der Waals surface area contributed by atoms with Gasteiger partial charge in [0.2, 0.25) is 16.1 Å². The number of hydrogen-bond donors (Lipinski definition) is 1. The van der Waals surface area contributed by atoms with Gasteiger partial charge in [-0.3, -0.25) is 24.8 Å². The van der Waals surface area contributed by atoms with E-state index in [-0.39, 0.29) is 17.5 Å². The predicted molar refractivity (Wildman–Crippen MR) is 148 cm³/mol. The van der Waals surface area contributed by atoms with Gasteiger partial charge in [0, 0.05) is 37.8 Å². The fraction of sp³-hybridized carbons (Fsp3) is 0.172. The SMILES string of the molecule is CN1C(=O)/C(=c2\sc3n(c2=O)N[C@]2(c4ccccc4)N(C)C(=O)N(C)[C@@]2(c2ccccc2)N=3)c2ccccc21. The number of hydrogen-bond acceptors (Lipinski definition) is 6. The average molecular weight is 537 g/mol. The molecule has 39 heavy (non-hydrogen) atoms. The highest BCUT2D eigenvalue weighted by molar-refractivity contribution is 7.07. The van der Waals surface area contributed by atoms with E-state index >= 15 is 0 Å². The summed E-state index contributed by atoms with van der Waals surface area (Å²) in [6.07, 6.45) is 0. The topological polar surface area (TPSA) is 90.2 Å². The number of urea groups is 1. The monoisotopic (exact) mass is 536 g/mol. The number of thiazole rings is 1. The van der Waals surface area contributed by atoms with Gasteiger partial charge in [-0.25, -0.2) is 9.79 Å². The number of carbonyl (C=O) groups excluding carboxylic acids is 2. The molecule has 2 atom stereocenters. The highest BCUT2D eigenvalue weighted by Gasteiger charge is 2.69. The zero-order valence-electron chi connectivity index (χ0n) is 21.5. The molecule has 1 N–H and O–H groups in total. The number of nitrogens with zero attached hydrogens (tertiary/aromatic N) is 5. The third kappa shape index (κ3) is 2.73. The van der Waals surface area contributed by atoms with E-state index in [1.54, 1.807) is 35.8 Å². The molecule has 0 unspecified atom stereocenters. The first-order chi connectivity index (χ1) is 18.8. The Labute approximate surface area is 227 Å². The third-order valence-corrected chi connectivity index (χ3v) is 9.07. The Morgan fingerprint density at radius 2 is 1.38 bits per heavy atom. The van der Waals surface area contributed by atoms with Crippen LogP contribution in [0.15, 0.2) is 94.7 Å². The van der Waals surface area contributed by atoms with Crippen LogP contribution in [0, 0.1) is 0 Å². The molecule has 4 aromatic rings. The third-order valence-electron chi connectivity index (χ3n) is 8.03. The van der Waals surface area contributed by atoms with Crippen LogP contribution >= 0.6 is 11.3 Å². The summed E-state index contributed by atoms with van der Waals surface area (Å²) in [5.41, 5.74) is 3.89. The number of carbonyl (C=O) groups is 2. The van der Waals surface area contributed by atoms with Crippen molar-refractivity contribution in [3.8, 4) is 0 Å². The molecule has 0 aliphatic carbocycles. The normalized spacial score (nSPS) is 24.7. The minimum atomic E-state index is -1.27. The van der Waals surface area contributed by atoms with Gasteiger partial charge in [0.1, 0.15) is 4.53 Å². The maximum atomic E-state index is 14.1. The summed E-state index contributed by atoms with van der Waals surface area (Å²) >= 11 is 1.15. The summed E-state index contributed by atoms with van der Waals surface area (Å²) < 4.78 is 1.68. The van der Waals surface area contributed by atoms with Crippen LogP contribution in [0.4, 0.5) is 10.5 Å². The highest BCUT2D eigenvalue weighted by atomic mass is 32.1. The van der Waals surface area contributed by atoms with Crippen LogP contribution in [-0.2, 0) is 16.1 Å². The molecule has 3 aliphatic heterocycles. The molecule has 3 amide bonds. The van der Waals surface area contributed by atoms with Crippen molar-refractivity contribution in [1.29, 1.82) is 0 Å². The molecule has 1 fully saturated rings. The van der Waals surface area contributed by atoms with Gasteiger partial charge in [-0.1, -0.05) is 90.2 Å². The Morgan fingerprint density at radius 1 is 0.769 bits per heavy atom. The summed E-state index contributed by atoms with van der Waals surface area (Å²) in [6.45, 7) is 0. The zero-order chi connectivity index (χ0) is 27.1. The van der Waals surface area contributed by atoms with E-state index in [1.165, 1.54) is 4.68 Å². The molecule has 0 bridgehead atoms. The van der Waals surface area contributed by atoms with Crippen LogP contribution < -0.4 is 25.2 Å². The van der Waals surface area contributed by atoms with Crippen LogP contribution in [0.5, 0.6) is 0 Å². The number of nitrogens with one attached hydrogen (secondary N) is 1. The lowest BCUT2D eigenvalue weighted by atomic mass is 9.80. The second-order valence-electron chi connectivity index (χ2n) is 9.85. The number of fused-ring (bicyclic) bond motifs is 3. The first kappa shape index (κ1) is 23.4. The minimum absolute atomic E-state index is 0.243. The summed E-state index contributed by atoms with van der Waals surface area (Å²) in [5.74, 6) is -0.243. The molecular weight excluding hydrogens is 512 g/mol. The lowest BCUT2D eigenvalue weighted by molar-refractivity contribution is -0.112. The van der Waals surface area contributed by atoms with E-state index in [4.69, 9.17) is 4.99 Å². The molecular formula is C29H24N6O3S. The minimum Gasteiger partial charge on any atom is -0.311 e. The molecule has 4 heterocycles. The van der Waals surface area contributed by atoms with E-state index in [9.17, 15) is 14.4 Å². The standard InChI is InChI=1S/C29H24N6O3S/c1-32-21-17-11-10-16-20(21)22(24(32)36)23-25(37)35-26(39-23)30-28(18-12-6-4-7-13-18)29(31-35,19-14-8-5-9-15-19)34(3)27(38)33(28)2/h4-17,31H,1-3H3/b23-22-/t28-,29-/m1/s1. The van der Waals surface area contributed by atoms with Gasteiger partial charge in [0.15, 0.2) is 0 Å². The van der Waals surface area contributed by atoms with E-state index in [0.29, 0.717) is 20.5 Å². The lowest BCUT2D eigenvalue weighted by Crippen LogP contribution is -2.67. The summed E-state index contributed by atoms with van der Waals surface area (Å²) in [4.78, 5) is 51.5. The molecule has 0 spiro atoms. The van der Waals surface area contributed by atoms with Crippen molar-refractivity contribution in [2.45, 2.75) is 11.3 Å². The maximum absolute atomic E-state index is 14.1. The van der Waals surface area contributed by atoms with Gasteiger partial charge in [0.25, 0.3) is 11.5 Å². The van der Waals surface area contributed by atoms with Gasteiger partial charge < -0.3 is 4.90 Å². The quantitative estimate of drug-likeness (QED) is 0.424. The van der Waals surface area contributed by atoms with Crippen LogP contribution in [0.25, 0.3) is 5.57 Å². The van der Waals surface area contributed by atoms with Crippen molar-refractivity contribution < 1.29 is 9.59 Å². The largest absolute Gasteiger partial charge is 0.324 e. The lowest BCUT2D eigenvalue weighted by Gasteiger charge is -2.49. The fourth-order valence-electron chi connectivity index (χ4n) is 6.16. The van der Waals surface area contributed by atoms with Crippen molar-refractivity contribution in [2.75, 3.05) is 31.5 Å². The first-order valence-corrected chi connectivity index (χ1v) is 13.3. The molecule has 0 saturated carbocycles. The molecule has 3 aromatic carbocycles.